The van der Waals surface area contributed by atoms with Crippen molar-refractivity contribution in [2.75, 3.05) is 11.1 Å². The SMILES string of the molecule is C=CCn1c(SCC(=O)Nc2cccc(C)c2)nnc1C(C)Oc1ccc(C)cc1C. The van der Waals surface area contributed by atoms with Gasteiger partial charge in [0.05, 0.1) is 5.75 Å². The molecule has 6 nitrogen and oxygen atoms in total. The number of carbonyl (C=O) groups excluding carboxylic acids is 1. The fourth-order valence-corrected chi connectivity index (χ4v) is 3.99. The molecule has 1 aromatic heterocycles. The second-order valence-electron chi connectivity index (χ2n) is 7.48. The minimum atomic E-state index is -0.302. The first kappa shape index (κ1) is 22.6. The van der Waals surface area contributed by atoms with Gasteiger partial charge >= 0.3 is 0 Å². The standard InChI is InChI=1S/C24H28N4O2S/c1-6-12-28-23(19(5)30-21-11-10-17(3)13-18(21)4)26-27-24(28)31-15-22(29)25-20-9-7-8-16(2)14-20/h6-11,13-14,19H,1,12,15H2,2-5H3,(H,25,29). The van der Waals surface area contributed by atoms with Crippen LogP contribution in [0.3, 0.4) is 0 Å². The highest BCUT2D eigenvalue weighted by atomic mass is 32.2. The number of aryl methyl sites for hydroxylation is 3. The molecule has 1 atom stereocenters. The molecule has 0 aliphatic heterocycles. The highest BCUT2D eigenvalue weighted by Crippen LogP contribution is 2.27. The average Bonchev–Trinajstić information content (AvgIpc) is 3.11. The number of rotatable bonds is 9. The molecule has 0 spiro atoms. The molecule has 0 aliphatic rings. The van der Waals surface area contributed by atoms with E-state index in [-0.39, 0.29) is 17.8 Å². The molecule has 2 aromatic carbocycles. The lowest BCUT2D eigenvalue weighted by Crippen LogP contribution is -2.15. The van der Waals surface area contributed by atoms with Crippen molar-refractivity contribution in [1.29, 1.82) is 0 Å². The van der Waals surface area contributed by atoms with E-state index in [2.05, 4.69) is 35.1 Å². The van der Waals surface area contributed by atoms with Crippen LogP contribution < -0.4 is 10.1 Å². The third-order valence-corrected chi connectivity index (χ3v) is 5.66. The predicted molar refractivity (Wildman–Crippen MR) is 126 cm³/mol. The van der Waals surface area contributed by atoms with Gasteiger partial charge in [0.15, 0.2) is 17.1 Å². The number of nitrogens with zero attached hydrogens (tertiary/aromatic N) is 3. The Labute approximate surface area is 187 Å². The summed E-state index contributed by atoms with van der Waals surface area (Å²) in [5, 5.41) is 12.2. The summed E-state index contributed by atoms with van der Waals surface area (Å²) in [6.45, 7) is 12.4. The number of hydrogen-bond acceptors (Lipinski definition) is 5. The third kappa shape index (κ3) is 5.98. The number of nitrogens with one attached hydrogen (secondary N) is 1. The van der Waals surface area contributed by atoms with E-state index < -0.39 is 0 Å². The van der Waals surface area contributed by atoms with E-state index in [1.807, 2.05) is 61.7 Å². The van der Waals surface area contributed by atoms with Crippen molar-refractivity contribution < 1.29 is 9.53 Å². The molecule has 3 aromatic rings. The van der Waals surface area contributed by atoms with Gasteiger partial charge in [0.2, 0.25) is 5.91 Å². The Hall–Kier alpha value is -3.06. The van der Waals surface area contributed by atoms with E-state index in [4.69, 9.17) is 4.74 Å². The van der Waals surface area contributed by atoms with Gasteiger partial charge in [-0.1, -0.05) is 47.7 Å². The largest absolute Gasteiger partial charge is 0.482 e. The number of anilines is 1. The summed E-state index contributed by atoms with van der Waals surface area (Å²) in [5.74, 6) is 1.65. The number of ether oxygens (including phenoxy) is 1. The van der Waals surface area contributed by atoms with Crippen LogP contribution in [0, 0.1) is 20.8 Å². The molecule has 0 saturated carbocycles. The number of benzene rings is 2. The van der Waals surface area contributed by atoms with Crippen molar-refractivity contribution in [3.8, 4) is 5.75 Å². The van der Waals surface area contributed by atoms with Crippen LogP contribution in [-0.4, -0.2) is 26.4 Å². The maximum Gasteiger partial charge on any atom is 0.234 e. The van der Waals surface area contributed by atoms with Crippen LogP contribution in [0.5, 0.6) is 5.75 Å². The van der Waals surface area contributed by atoms with Crippen molar-refractivity contribution in [3.05, 3.63) is 77.6 Å². The molecular formula is C24H28N4O2S. The average molecular weight is 437 g/mol. The summed E-state index contributed by atoms with van der Waals surface area (Å²) < 4.78 is 8.09. The van der Waals surface area contributed by atoms with E-state index >= 15 is 0 Å². The Balaban J connectivity index is 1.69. The van der Waals surface area contributed by atoms with Gasteiger partial charge in [-0.2, -0.15) is 0 Å². The van der Waals surface area contributed by atoms with Gasteiger partial charge in [-0.3, -0.25) is 9.36 Å². The molecule has 0 fully saturated rings. The van der Waals surface area contributed by atoms with Crippen LogP contribution in [0.15, 0.2) is 60.3 Å². The van der Waals surface area contributed by atoms with Gasteiger partial charge in [0.1, 0.15) is 5.75 Å². The Morgan fingerprint density at radius 3 is 2.68 bits per heavy atom. The maximum atomic E-state index is 12.4. The number of aromatic nitrogens is 3. The number of allylic oxidation sites excluding steroid dienone is 1. The summed E-state index contributed by atoms with van der Waals surface area (Å²) in [6, 6.07) is 13.8. The molecule has 0 radical (unpaired) electrons. The van der Waals surface area contributed by atoms with Crippen LogP contribution >= 0.6 is 11.8 Å². The number of thioether (sulfide) groups is 1. The lowest BCUT2D eigenvalue weighted by Gasteiger charge is -2.17. The lowest BCUT2D eigenvalue weighted by atomic mass is 10.1. The second-order valence-corrected chi connectivity index (χ2v) is 8.42. The Morgan fingerprint density at radius 1 is 1.19 bits per heavy atom. The van der Waals surface area contributed by atoms with Crippen LogP contribution in [-0.2, 0) is 11.3 Å². The first-order chi connectivity index (χ1) is 14.9. The van der Waals surface area contributed by atoms with Crippen molar-refractivity contribution in [1.82, 2.24) is 14.8 Å². The summed E-state index contributed by atoms with van der Waals surface area (Å²) in [4.78, 5) is 12.4. The number of amides is 1. The second kappa shape index (κ2) is 10.3. The Kier molecular flexibility index (Phi) is 7.52. The maximum absolute atomic E-state index is 12.4. The number of carbonyl (C=O) groups is 1. The summed E-state index contributed by atoms with van der Waals surface area (Å²) in [7, 11) is 0. The summed E-state index contributed by atoms with van der Waals surface area (Å²) in [6.07, 6.45) is 1.48. The quantitative estimate of drug-likeness (QED) is 0.366. The zero-order valence-corrected chi connectivity index (χ0v) is 19.2. The molecule has 7 heteroatoms. The molecule has 162 valence electrons. The normalized spacial score (nSPS) is 11.7. The molecule has 31 heavy (non-hydrogen) atoms. The van der Waals surface area contributed by atoms with E-state index in [9.17, 15) is 4.79 Å². The zero-order valence-electron chi connectivity index (χ0n) is 18.4. The van der Waals surface area contributed by atoms with E-state index in [1.165, 1.54) is 17.3 Å². The van der Waals surface area contributed by atoms with Gasteiger partial charge < -0.3 is 10.1 Å². The van der Waals surface area contributed by atoms with Gasteiger partial charge in [-0.05, 0) is 57.0 Å². The fraction of sp³-hybridized carbons (Fsp3) is 0.292. The molecule has 0 saturated heterocycles. The molecule has 0 aliphatic carbocycles. The molecule has 1 heterocycles. The molecule has 1 amide bonds. The molecule has 1 unspecified atom stereocenters. The zero-order chi connectivity index (χ0) is 22.4. The highest BCUT2D eigenvalue weighted by Gasteiger charge is 2.20. The van der Waals surface area contributed by atoms with Crippen molar-refractivity contribution in [2.24, 2.45) is 0 Å². The Bertz CT molecular complexity index is 1080. The van der Waals surface area contributed by atoms with Gasteiger partial charge in [0, 0.05) is 12.2 Å². The van der Waals surface area contributed by atoms with Crippen LogP contribution in [0.25, 0.3) is 0 Å². The third-order valence-electron chi connectivity index (χ3n) is 4.69. The molecule has 3 rings (SSSR count). The van der Waals surface area contributed by atoms with E-state index in [0.717, 1.165) is 22.6 Å². The summed E-state index contributed by atoms with van der Waals surface area (Å²) in [5.41, 5.74) is 4.15. The van der Waals surface area contributed by atoms with Crippen LogP contribution in [0.1, 0.15) is 35.5 Å². The van der Waals surface area contributed by atoms with Crippen molar-refractivity contribution in [3.63, 3.8) is 0 Å². The topological polar surface area (TPSA) is 69.0 Å². The minimum absolute atomic E-state index is 0.0927. The van der Waals surface area contributed by atoms with Crippen LogP contribution in [0.4, 0.5) is 5.69 Å². The summed E-state index contributed by atoms with van der Waals surface area (Å²) >= 11 is 1.34. The van der Waals surface area contributed by atoms with Crippen molar-refractivity contribution in [2.45, 2.75) is 45.5 Å². The molecule has 1 N–H and O–H groups in total. The monoisotopic (exact) mass is 436 g/mol. The first-order valence-electron chi connectivity index (χ1n) is 10.1. The van der Waals surface area contributed by atoms with E-state index in [1.54, 1.807) is 6.08 Å². The minimum Gasteiger partial charge on any atom is -0.482 e. The van der Waals surface area contributed by atoms with E-state index in [0.29, 0.717) is 17.5 Å². The Morgan fingerprint density at radius 2 is 1.97 bits per heavy atom. The molecular weight excluding hydrogens is 408 g/mol. The molecule has 0 bridgehead atoms. The van der Waals surface area contributed by atoms with Gasteiger partial charge in [0.25, 0.3) is 0 Å². The van der Waals surface area contributed by atoms with Crippen LogP contribution in [0.2, 0.25) is 0 Å². The van der Waals surface area contributed by atoms with Crippen molar-refractivity contribution >= 4 is 23.4 Å². The van der Waals surface area contributed by atoms with Gasteiger partial charge in [-0.25, -0.2) is 0 Å². The fourth-order valence-electron chi connectivity index (χ4n) is 3.23. The van der Waals surface area contributed by atoms with Gasteiger partial charge in [-0.15, -0.1) is 16.8 Å². The predicted octanol–water partition coefficient (Wildman–Crippen LogP) is 5.26. The smallest absolute Gasteiger partial charge is 0.234 e. The first-order valence-corrected chi connectivity index (χ1v) is 11.1. The highest BCUT2D eigenvalue weighted by molar-refractivity contribution is 7.99. The number of hydrogen-bond donors (Lipinski definition) is 1. The lowest BCUT2D eigenvalue weighted by molar-refractivity contribution is -0.113.